The maximum Gasteiger partial charge on any atom is 0.0476 e. The molecule has 2 nitrogen and oxygen atoms in total. The molecular weight excluding hydrogens is 255 g/mol. The molecule has 0 spiro atoms. The largest absolute Gasteiger partial charge is 0.329 e. The van der Waals surface area contributed by atoms with Crippen molar-refractivity contribution in [2.24, 2.45) is 5.73 Å². The van der Waals surface area contributed by atoms with Gasteiger partial charge >= 0.3 is 0 Å². The Kier molecular flexibility index (Phi) is 4.46. The topological polar surface area (TPSA) is 38.0 Å². The predicted octanol–water partition coefficient (Wildman–Crippen LogP) is 3.30. The second-order valence-corrected chi connectivity index (χ2v) is 5.04. The Labute approximate surface area is 112 Å². The summed E-state index contributed by atoms with van der Waals surface area (Å²) in [4.78, 5) is 0. The first-order chi connectivity index (χ1) is 8.22. The first kappa shape index (κ1) is 12.9. The molecule has 1 aromatic rings. The summed E-state index contributed by atoms with van der Waals surface area (Å²) in [6.45, 7) is 0.486. The molecule has 1 aliphatic rings. The van der Waals surface area contributed by atoms with E-state index in [1.165, 1.54) is 0 Å². The zero-order chi connectivity index (χ0) is 12.3. The first-order valence-corrected chi connectivity index (χ1v) is 6.53. The normalized spacial score (nSPS) is 17.6. The van der Waals surface area contributed by atoms with Crippen LogP contribution in [0.25, 0.3) is 0 Å². The van der Waals surface area contributed by atoms with Gasteiger partial charge in [0.1, 0.15) is 0 Å². The summed E-state index contributed by atoms with van der Waals surface area (Å²) in [6.07, 6.45) is 6.44. The van der Waals surface area contributed by atoms with Crippen LogP contribution < -0.4 is 11.1 Å². The van der Waals surface area contributed by atoms with Crippen molar-refractivity contribution in [3.63, 3.8) is 0 Å². The molecule has 1 aromatic carbocycles. The molecule has 0 fully saturated rings. The van der Waals surface area contributed by atoms with Crippen LogP contribution >= 0.6 is 23.2 Å². The molecule has 92 valence electrons. The standard InChI is InChI=1S/C13H16Cl2N2/c14-10-6-3-7-11(15)13(10)12(8-16)17-9-4-1-2-5-9/h1-3,6-7,9,12,17H,4-5,8,16H2. The molecule has 0 amide bonds. The summed E-state index contributed by atoms with van der Waals surface area (Å²) in [6, 6.07) is 6.00. The fraction of sp³-hybridized carbons (Fsp3) is 0.385. The lowest BCUT2D eigenvalue weighted by molar-refractivity contribution is 0.453. The van der Waals surface area contributed by atoms with E-state index in [1.54, 1.807) is 0 Å². The van der Waals surface area contributed by atoms with Crippen molar-refractivity contribution in [3.8, 4) is 0 Å². The van der Waals surface area contributed by atoms with Crippen LogP contribution in [0, 0.1) is 0 Å². The van der Waals surface area contributed by atoms with Crippen LogP contribution in [0.1, 0.15) is 24.4 Å². The number of rotatable bonds is 4. The van der Waals surface area contributed by atoms with Crippen molar-refractivity contribution in [2.75, 3.05) is 6.54 Å². The third kappa shape index (κ3) is 3.02. The molecule has 4 heteroatoms. The van der Waals surface area contributed by atoms with Gasteiger partial charge < -0.3 is 11.1 Å². The van der Waals surface area contributed by atoms with Crippen LogP contribution in [0.15, 0.2) is 30.4 Å². The first-order valence-electron chi connectivity index (χ1n) is 5.77. The SMILES string of the molecule is NCC(NC1CC=CC1)c1c(Cl)cccc1Cl. The molecule has 2 rings (SSSR count). The Morgan fingerprint density at radius 2 is 1.82 bits per heavy atom. The summed E-state index contributed by atoms with van der Waals surface area (Å²) in [5.74, 6) is 0. The highest BCUT2D eigenvalue weighted by Gasteiger charge is 2.20. The van der Waals surface area contributed by atoms with E-state index >= 15 is 0 Å². The quantitative estimate of drug-likeness (QED) is 0.824. The molecule has 3 N–H and O–H groups in total. The second kappa shape index (κ2) is 5.87. The molecule has 0 saturated carbocycles. The van der Waals surface area contributed by atoms with Crippen molar-refractivity contribution >= 4 is 23.2 Å². The zero-order valence-corrected chi connectivity index (χ0v) is 11.0. The van der Waals surface area contributed by atoms with Gasteiger partial charge in [0.15, 0.2) is 0 Å². The summed E-state index contributed by atoms with van der Waals surface area (Å²) in [7, 11) is 0. The van der Waals surface area contributed by atoms with Gasteiger partial charge in [0.05, 0.1) is 0 Å². The van der Waals surface area contributed by atoms with Crippen molar-refractivity contribution < 1.29 is 0 Å². The fourth-order valence-electron chi connectivity index (χ4n) is 2.15. The number of benzene rings is 1. The number of hydrogen-bond acceptors (Lipinski definition) is 2. The van der Waals surface area contributed by atoms with Gasteiger partial charge in [0.2, 0.25) is 0 Å². The lowest BCUT2D eigenvalue weighted by atomic mass is 10.0. The summed E-state index contributed by atoms with van der Waals surface area (Å²) >= 11 is 12.4. The molecular formula is C13H16Cl2N2. The molecule has 0 saturated heterocycles. The van der Waals surface area contributed by atoms with Crippen LogP contribution in [-0.2, 0) is 0 Å². The molecule has 0 radical (unpaired) electrons. The van der Waals surface area contributed by atoms with E-state index in [0.29, 0.717) is 22.6 Å². The van der Waals surface area contributed by atoms with Crippen LogP contribution in [0.3, 0.4) is 0 Å². The molecule has 0 aromatic heterocycles. The minimum Gasteiger partial charge on any atom is -0.329 e. The van der Waals surface area contributed by atoms with E-state index in [2.05, 4.69) is 17.5 Å². The van der Waals surface area contributed by atoms with Crippen molar-refractivity contribution in [1.29, 1.82) is 0 Å². The van der Waals surface area contributed by atoms with E-state index in [1.807, 2.05) is 18.2 Å². The minimum absolute atomic E-state index is 0.0149. The maximum absolute atomic E-state index is 6.19. The lowest BCUT2D eigenvalue weighted by Crippen LogP contribution is -2.35. The Bertz CT molecular complexity index is 390. The number of halogens is 2. The number of hydrogen-bond donors (Lipinski definition) is 2. The van der Waals surface area contributed by atoms with E-state index in [4.69, 9.17) is 28.9 Å². The van der Waals surface area contributed by atoms with Gasteiger partial charge in [-0.3, -0.25) is 0 Å². The van der Waals surface area contributed by atoms with Crippen LogP contribution in [0.5, 0.6) is 0 Å². The lowest BCUT2D eigenvalue weighted by Gasteiger charge is -2.23. The highest BCUT2D eigenvalue weighted by atomic mass is 35.5. The third-order valence-electron chi connectivity index (χ3n) is 3.03. The summed E-state index contributed by atoms with van der Waals surface area (Å²) < 4.78 is 0. The monoisotopic (exact) mass is 270 g/mol. The molecule has 0 aliphatic heterocycles. The smallest absolute Gasteiger partial charge is 0.0476 e. The van der Waals surface area contributed by atoms with Gasteiger partial charge in [-0.15, -0.1) is 0 Å². The summed E-state index contributed by atoms with van der Waals surface area (Å²) in [5, 5.41) is 4.85. The molecule has 1 atom stereocenters. The number of nitrogens with one attached hydrogen (secondary N) is 1. The van der Waals surface area contributed by atoms with Crippen LogP contribution in [-0.4, -0.2) is 12.6 Å². The van der Waals surface area contributed by atoms with E-state index in [0.717, 1.165) is 18.4 Å². The van der Waals surface area contributed by atoms with Gasteiger partial charge in [-0.1, -0.05) is 41.4 Å². The Hall–Kier alpha value is -0.540. The van der Waals surface area contributed by atoms with E-state index in [9.17, 15) is 0 Å². The Morgan fingerprint density at radius 1 is 1.24 bits per heavy atom. The zero-order valence-electron chi connectivity index (χ0n) is 9.50. The summed E-state index contributed by atoms with van der Waals surface area (Å²) in [5.41, 5.74) is 6.73. The van der Waals surface area contributed by atoms with Gasteiger partial charge in [-0.2, -0.15) is 0 Å². The predicted molar refractivity (Wildman–Crippen MR) is 73.6 cm³/mol. The second-order valence-electron chi connectivity index (χ2n) is 4.23. The average Bonchev–Trinajstić information content (AvgIpc) is 2.80. The van der Waals surface area contributed by atoms with Crippen molar-refractivity contribution in [2.45, 2.75) is 24.9 Å². The Balaban J connectivity index is 2.16. The van der Waals surface area contributed by atoms with Crippen LogP contribution in [0.2, 0.25) is 10.0 Å². The van der Waals surface area contributed by atoms with Crippen molar-refractivity contribution in [1.82, 2.24) is 5.32 Å². The minimum atomic E-state index is 0.0149. The maximum atomic E-state index is 6.19. The van der Waals surface area contributed by atoms with Gasteiger partial charge in [0.25, 0.3) is 0 Å². The molecule has 1 aliphatic carbocycles. The van der Waals surface area contributed by atoms with Gasteiger partial charge in [-0.25, -0.2) is 0 Å². The fourth-order valence-corrected chi connectivity index (χ4v) is 2.81. The van der Waals surface area contributed by atoms with E-state index < -0.39 is 0 Å². The van der Waals surface area contributed by atoms with Crippen molar-refractivity contribution in [3.05, 3.63) is 46.0 Å². The third-order valence-corrected chi connectivity index (χ3v) is 3.69. The van der Waals surface area contributed by atoms with Crippen LogP contribution in [0.4, 0.5) is 0 Å². The van der Waals surface area contributed by atoms with Gasteiger partial charge in [-0.05, 0) is 25.0 Å². The molecule has 17 heavy (non-hydrogen) atoms. The van der Waals surface area contributed by atoms with Gasteiger partial charge in [0, 0.05) is 34.2 Å². The molecule has 1 unspecified atom stereocenters. The highest BCUT2D eigenvalue weighted by molar-refractivity contribution is 6.36. The number of nitrogens with two attached hydrogens (primary N) is 1. The highest BCUT2D eigenvalue weighted by Crippen LogP contribution is 2.30. The molecule has 0 bridgehead atoms. The Morgan fingerprint density at radius 3 is 2.35 bits per heavy atom. The average molecular weight is 271 g/mol. The van der Waals surface area contributed by atoms with E-state index in [-0.39, 0.29) is 6.04 Å². The molecule has 0 heterocycles.